The number of rotatable bonds is 14. The molecule has 3 saturated heterocycles. The molecule has 2 aromatic rings. The van der Waals surface area contributed by atoms with E-state index in [0.29, 0.717) is 56.6 Å². The normalized spacial score (nSPS) is 22.9. The molecule has 7 atom stereocenters. The number of likely N-dealkylation sites (tertiary alicyclic amines) is 2. The molecule has 6 amide bonds. The first-order valence-electron chi connectivity index (χ1n) is 22.1. The van der Waals surface area contributed by atoms with Gasteiger partial charge in [-0.05, 0) is 105 Å². The summed E-state index contributed by atoms with van der Waals surface area (Å²) in [7, 11) is 4.14. The highest BCUT2D eigenvalue weighted by atomic mass is 16.5. The van der Waals surface area contributed by atoms with Crippen LogP contribution in [0.2, 0.25) is 0 Å². The predicted molar refractivity (Wildman–Crippen MR) is 238 cm³/mol. The number of ether oxygens (including phenoxy) is 3. The van der Waals surface area contributed by atoms with Gasteiger partial charge in [0.15, 0.2) is 0 Å². The Labute approximate surface area is 370 Å². The Balaban J connectivity index is 1.12. The maximum atomic E-state index is 13.6. The molecule has 63 heavy (non-hydrogen) atoms. The van der Waals surface area contributed by atoms with Gasteiger partial charge in [-0.15, -0.1) is 0 Å². The van der Waals surface area contributed by atoms with Crippen molar-refractivity contribution in [3.8, 4) is 5.75 Å². The summed E-state index contributed by atoms with van der Waals surface area (Å²) in [4.78, 5) is 83.9. The zero-order chi connectivity index (χ0) is 45.4. The molecule has 2 aromatic carbocycles. The van der Waals surface area contributed by atoms with Crippen molar-refractivity contribution in [1.82, 2.24) is 25.8 Å². The van der Waals surface area contributed by atoms with Gasteiger partial charge in [0, 0.05) is 42.1 Å². The average Bonchev–Trinajstić information content (AvgIpc) is 4.08. The smallest absolute Gasteiger partial charge is 0.407 e. The first kappa shape index (κ1) is 46.4. The number of hydrogen-bond donors (Lipinski definition) is 4. The molecule has 0 bridgehead atoms. The Kier molecular flexibility index (Phi) is 15.4. The van der Waals surface area contributed by atoms with Crippen LogP contribution in [0.25, 0.3) is 0 Å². The number of amides is 6. The lowest BCUT2D eigenvalue weighted by molar-refractivity contribution is -0.140. The number of benzene rings is 2. The summed E-state index contributed by atoms with van der Waals surface area (Å²) >= 11 is 0. The molecule has 0 aromatic heterocycles. The predicted octanol–water partition coefficient (Wildman–Crippen LogP) is 5.66. The van der Waals surface area contributed by atoms with E-state index in [4.69, 9.17) is 14.2 Å². The number of carbonyl (C=O) groups is 6. The van der Waals surface area contributed by atoms with Crippen LogP contribution in [0, 0.1) is 17.8 Å². The van der Waals surface area contributed by atoms with E-state index in [1.165, 1.54) is 14.2 Å². The molecule has 3 heterocycles. The maximum absolute atomic E-state index is 13.6. The summed E-state index contributed by atoms with van der Waals surface area (Å²) in [6.07, 6.45) is 9.71. The van der Waals surface area contributed by atoms with Crippen LogP contribution in [0.1, 0.15) is 84.2 Å². The van der Waals surface area contributed by atoms with Gasteiger partial charge in [0.2, 0.25) is 23.6 Å². The lowest BCUT2D eigenvalue weighted by atomic mass is 9.90. The fourth-order valence-electron chi connectivity index (χ4n) is 9.33. The van der Waals surface area contributed by atoms with Gasteiger partial charge in [0.1, 0.15) is 29.9 Å². The van der Waals surface area contributed by atoms with Crippen LogP contribution in [-0.4, -0.2) is 110 Å². The summed E-state index contributed by atoms with van der Waals surface area (Å²) in [5.74, 6) is -0.623. The zero-order valence-corrected chi connectivity index (χ0v) is 37.4. The van der Waals surface area contributed by atoms with Crippen LogP contribution in [0.5, 0.6) is 5.75 Å². The fraction of sp³-hybridized carbons (Fsp3) is 0.532. The SMILES string of the molecule is COC(=O)N[C@H](C(=O)N1CCC[C@H]1C(=O)NC1=CCC([C@H]2CC[C@H](c3ccc(NC(=O)[C@@H]4CCCN4C(=O)[C@@H](NC(=O)OC)C(C)C)cc3)N2c2ccc(OC)cc2)C=C1)C(C)C. The van der Waals surface area contributed by atoms with Gasteiger partial charge in [0.05, 0.1) is 27.4 Å². The summed E-state index contributed by atoms with van der Waals surface area (Å²) in [6.45, 7) is 8.21. The minimum atomic E-state index is -0.813. The molecular weight excluding hydrogens is 807 g/mol. The Morgan fingerprint density at radius 3 is 1.68 bits per heavy atom. The van der Waals surface area contributed by atoms with Crippen molar-refractivity contribution in [2.75, 3.05) is 44.6 Å². The van der Waals surface area contributed by atoms with Crippen LogP contribution in [-0.2, 0) is 28.7 Å². The Bertz CT molecular complexity index is 2040. The van der Waals surface area contributed by atoms with Crippen LogP contribution in [0.15, 0.2) is 72.5 Å². The van der Waals surface area contributed by atoms with Crippen molar-refractivity contribution in [3.05, 3.63) is 78.0 Å². The molecule has 1 unspecified atom stereocenters. The number of hydrogen-bond acceptors (Lipinski definition) is 10. The number of allylic oxidation sites excluding steroid dienone is 2. The van der Waals surface area contributed by atoms with Gasteiger partial charge in [0.25, 0.3) is 0 Å². The Morgan fingerprint density at radius 2 is 1.21 bits per heavy atom. The van der Waals surface area contributed by atoms with Crippen molar-refractivity contribution in [2.24, 2.45) is 17.8 Å². The number of carbonyl (C=O) groups excluding carboxylic acids is 6. The molecule has 1 aliphatic carbocycles. The third-order valence-corrected chi connectivity index (χ3v) is 12.7. The third-order valence-electron chi connectivity index (χ3n) is 12.7. The van der Waals surface area contributed by atoms with E-state index in [9.17, 15) is 28.8 Å². The second kappa shape index (κ2) is 20.9. The molecule has 0 saturated carbocycles. The van der Waals surface area contributed by atoms with Gasteiger partial charge < -0.3 is 50.2 Å². The molecule has 4 N–H and O–H groups in total. The van der Waals surface area contributed by atoms with E-state index in [1.807, 2.05) is 76.2 Å². The fourth-order valence-corrected chi connectivity index (χ4v) is 9.33. The highest BCUT2D eigenvalue weighted by Gasteiger charge is 2.42. The van der Waals surface area contributed by atoms with Crippen molar-refractivity contribution in [1.29, 1.82) is 0 Å². The quantitative estimate of drug-likeness (QED) is 0.185. The molecule has 6 rings (SSSR count). The minimum Gasteiger partial charge on any atom is -0.497 e. The van der Waals surface area contributed by atoms with Crippen molar-refractivity contribution < 1.29 is 43.0 Å². The van der Waals surface area contributed by atoms with Crippen LogP contribution in [0.3, 0.4) is 0 Å². The third kappa shape index (κ3) is 10.8. The Morgan fingerprint density at radius 1 is 0.667 bits per heavy atom. The number of nitrogens with one attached hydrogen (secondary N) is 4. The second-order valence-corrected chi connectivity index (χ2v) is 17.4. The molecule has 16 heteroatoms. The first-order chi connectivity index (χ1) is 30.2. The highest BCUT2D eigenvalue weighted by Crippen LogP contribution is 2.44. The van der Waals surface area contributed by atoms with E-state index in [1.54, 1.807) is 16.9 Å². The van der Waals surface area contributed by atoms with Gasteiger partial charge in [-0.25, -0.2) is 9.59 Å². The zero-order valence-electron chi connectivity index (χ0n) is 37.4. The average molecular weight is 870 g/mol. The lowest BCUT2D eigenvalue weighted by Gasteiger charge is -2.37. The summed E-state index contributed by atoms with van der Waals surface area (Å²) < 4.78 is 14.9. The lowest BCUT2D eigenvalue weighted by Crippen LogP contribution is -2.55. The van der Waals surface area contributed by atoms with Crippen LogP contribution < -0.4 is 30.9 Å². The molecular formula is C47H63N7O9. The van der Waals surface area contributed by atoms with E-state index in [2.05, 4.69) is 44.4 Å². The van der Waals surface area contributed by atoms with E-state index in [0.717, 1.165) is 29.8 Å². The monoisotopic (exact) mass is 869 g/mol. The molecule has 340 valence electrons. The Hall–Kier alpha value is -6.06. The maximum Gasteiger partial charge on any atom is 0.407 e. The largest absolute Gasteiger partial charge is 0.497 e. The molecule has 3 aliphatic heterocycles. The molecule has 4 aliphatic rings. The van der Waals surface area contributed by atoms with Gasteiger partial charge >= 0.3 is 12.2 Å². The first-order valence-corrected chi connectivity index (χ1v) is 22.1. The van der Waals surface area contributed by atoms with Gasteiger partial charge in [-0.2, -0.15) is 0 Å². The summed E-state index contributed by atoms with van der Waals surface area (Å²) in [5, 5.41) is 11.3. The number of anilines is 2. The number of alkyl carbamates (subject to hydrolysis) is 2. The summed E-state index contributed by atoms with van der Waals surface area (Å²) in [6, 6.07) is 13.2. The van der Waals surface area contributed by atoms with Crippen molar-refractivity contribution >= 4 is 47.2 Å². The van der Waals surface area contributed by atoms with Crippen LogP contribution >= 0.6 is 0 Å². The number of methoxy groups -OCH3 is 3. The molecule has 16 nitrogen and oxygen atoms in total. The second-order valence-electron chi connectivity index (χ2n) is 17.4. The standard InChI is InChI=1S/C47H63N7O9/c1-28(2)40(50-46(59)62-6)44(57)52-26-8-10-38(52)42(55)48-32-16-12-30(13-17-32)36-24-25-37(54(36)34-20-22-35(61-5)23-21-34)31-14-18-33(19-15-31)49-43(56)39-11-9-27-53(39)45(58)41(29(3)4)51-47(60)63-7/h12-14,16-23,28-29,31,36-41H,8-11,15,24-27H2,1-7H3,(H,48,55)(H,49,56)(H,50,59)(H,51,60)/t31?,36-,37-,38+,39+,40+,41+/m1/s1. The van der Waals surface area contributed by atoms with Crippen molar-refractivity contribution in [2.45, 2.75) is 109 Å². The molecule has 0 spiro atoms. The van der Waals surface area contributed by atoms with E-state index < -0.39 is 36.4 Å². The van der Waals surface area contributed by atoms with Gasteiger partial charge in [-0.3, -0.25) is 19.2 Å². The molecule has 3 fully saturated rings. The van der Waals surface area contributed by atoms with Crippen molar-refractivity contribution in [3.63, 3.8) is 0 Å². The van der Waals surface area contributed by atoms with E-state index >= 15 is 0 Å². The van der Waals surface area contributed by atoms with Crippen LogP contribution in [0.4, 0.5) is 21.0 Å². The summed E-state index contributed by atoms with van der Waals surface area (Å²) in [5.41, 5.74) is 3.46. The van der Waals surface area contributed by atoms with E-state index in [-0.39, 0.29) is 53.5 Å². The topological polar surface area (TPSA) is 188 Å². The number of nitrogens with zero attached hydrogens (tertiary/aromatic N) is 3. The van der Waals surface area contributed by atoms with Gasteiger partial charge in [-0.1, -0.05) is 52.0 Å². The highest BCUT2D eigenvalue weighted by molar-refractivity contribution is 5.99. The minimum absolute atomic E-state index is 0.0408. The molecule has 0 radical (unpaired) electrons.